The summed E-state index contributed by atoms with van der Waals surface area (Å²) in [5.41, 5.74) is 0.804. The van der Waals surface area contributed by atoms with Crippen molar-refractivity contribution in [2.24, 2.45) is 0 Å². The minimum atomic E-state index is -0.884. The molecule has 1 aliphatic rings. The van der Waals surface area contributed by atoms with Crippen molar-refractivity contribution >= 4 is 5.91 Å². The minimum absolute atomic E-state index is 0.173. The largest absolute Gasteiger partial charge is 0.496 e. The van der Waals surface area contributed by atoms with E-state index in [1.807, 2.05) is 24.3 Å². The predicted molar refractivity (Wildman–Crippen MR) is 74.5 cm³/mol. The van der Waals surface area contributed by atoms with Crippen LogP contribution in [0, 0.1) is 0 Å². The highest BCUT2D eigenvalue weighted by Crippen LogP contribution is 2.20. The van der Waals surface area contributed by atoms with Gasteiger partial charge in [0.15, 0.2) is 0 Å². The van der Waals surface area contributed by atoms with E-state index in [1.54, 1.807) is 7.11 Å². The van der Waals surface area contributed by atoms with E-state index in [-0.39, 0.29) is 18.4 Å². The van der Waals surface area contributed by atoms with E-state index in [9.17, 15) is 15.0 Å². The molecule has 0 bridgehead atoms. The Balaban J connectivity index is 1.95. The molecule has 1 aromatic carbocycles. The van der Waals surface area contributed by atoms with Crippen molar-refractivity contribution < 1.29 is 19.7 Å². The third kappa shape index (κ3) is 3.49. The summed E-state index contributed by atoms with van der Waals surface area (Å²) in [4.78, 5) is 12.0. The molecular formula is C15H21NO4. The monoisotopic (exact) mass is 279 g/mol. The Kier molecular flexibility index (Phi) is 4.98. The standard InChI is InChI=1S/C15H21NO4/c1-20-13-8-3-2-5-10(13)9-14(18)16-11-6-4-7-12(17)15(11)19/h2-3,5,8,11-12,15,17,19H,4,6-7,9H2,1H3,(H,16,18)/t11-,12-,15-/m1/s1. The number of aliphatic hydroxyl groups is 2. The molecule has 1 saturated carbocycles. The van der Waals surface area contributed by atoms with Crippen molar-refractivity contribution in [1.82, 2.24) is 5.32 Å². The zero-order chi connectivity index (χ0) is 14.5. The van der Waals surface area contributed by atoms with Gasteiger partial charge in [0.1, 0.15) is 5.75 Å². The fourth-order valence-corrected chi connectivity index (χ4v) is 2.59. The summed E-state index contributed by atoms with van der Waals surface area (Å²) in [7, 11) is 1.57. The van der Waals surface area contributed by atoms with Crippen molar-refractivity contribution in [2.45, 2.75) is 43.9 Å². The first-order valence-corrected chi connectivity index (χ1v) is 6.89. The van der Waals surface area contributed by atoms with Crippen molar-refractivity contribution in [3.63, 3.8) is 0 Å². The smallest absolute Gasteiger partial charge is 0.224 e. The zero-order valence-electron chi connectivity index (χ0n) is 11.6. The molecule has 0 radical (unpaired) electrons. The molecule has 110 valence electrons. The van der Waals surface area contributed by atoms with Crippen LogP contribution in [0.15, 0.2) is 24.3 Å². The maximum Gasteiger partial charge on any atom is 0.224 e. The minimum Gasteiger partial charge on any atom is -0.496 e. The molecule has 20 heavy (non-hydrogen) atoms. The van der Waals surface area contributed by atoms with Crippen molar-refractivity contribution in [1.29, 1.82) is 0 Å². The first-order valence-electron chi connectivity index (χ1n) is 6.89. The number of hydrogen-bond donors (Lipinski definition) is 3. The van der Waals surface area contributed by atoms with Gasteiger partial charge in [0.2, 0.25) is 5.91 Å². The number of amides is 1. The summed E-state index contributed by atoms with van der Waals surface area (Å²) in [6.45, 7) is 0. The molecule has 5 heteroatoms. The number of hydrogen-bond acceptors (Lipinski definition) is 4. The Morgan fingerprint density at radius 3 is 2.85 bits per heavy atom. The zero-order valence-corrected chi connectivity index (χ0v) is 11.6. The van der Waals surface area contributed by atoms with E-state index in [1.165, 1.54) is 0 Å². The number of carbonyl (C=O) groups is 1. The van der Waals surface area contributed by atoms with Crippen LogP contribution in [0.25, 0.3) is 0 Å². The van der Waals surface area contributed by atoms with E-state index >= 15 is 0 Å². The Morgan fingerprint density at radius 2 is 2.10 bits per heavy atom. The van der Waals surface area contributed by atoms with Gasteiger partial charge < -0.3 is 20.3 Å². The lowest BCUT2D eigenvalue weighted by atomic mass is 9.90. The van der Waals surface area contributed by atoms with Crippen LogP contribution in [0.5, 0.6) is 5.75 Å². The maximum atomic E-state index is 12.0. The van der Waals surface area contributed by atoms with Crippen LogP contribution in [-0.4, -0.2) is 41.5 Å². The van der Waals surface area contributed by atoms with Gasteiger partial charge in [0.05, 0.1) is 31.8 Å². The van der Waals surface area contributed by atoms with Gasteiger partial charge >= 0.3 is 0 Å². The van der Waals surface area contributed by atoms with Crippen LogP contribution in [0.1, 0.15) is 24.8 Å². The van der Waals surface area contributed by atoms with E-state index < -0.39 is 12.2 Å². The number of aliphatic hydroxyl groups excluding tert-OH is 2. The van der Waals surface area contributed by atoms with Gasteiger partial charge in [-0.1, -0.05) is 18.2 Å². The molecule has 1 aliphatic carbocycles. The quantitative estimate of drug-likeness (QED) is 0.755. The van der Waals surface area contributed by atoms with E-state index in [0.29, 0.717) is 18.6 Å². The van der Waals surface area contributed by atoms with Gasteiger partial charge in [0, 0.05) is 5.56 Å². The molecule has 3 N–H and O–H groups in total. The molecule has 5 nitrogen and oxygen atoms in total. The van der Waals surface area contributed by atoms with E-state index in [4.69, 9.17) is 4.74 Å². The lowest BCUT2D eigenvalue weighted by molar-refractivity contribution is -0.123. The van der Waals surface area contributed by atoms with Gasteiger partial charge in [0.25, 0.3) is 0 Å². The second-order valence-electron chi connectivity index (χ2n) is 5.15. The predicted octanol–water partition coefficient (Wildman–Crippen LogP) is 0.628. The van der Waals surface area contributed by atoms with E-state index in [2.05, 4.69) is 5.32 Å². The van der Waals surface area contributed by atoms with Crippen molar-refractivity contribution in [2.75, 3.05) is 7.11 Å². The summed E-state index contributed by atoms with van der Waals surface area (Å²) >= 11 is 0. The molecule has 2 rings (SSSR count). The van der Waals surface area contributed by atoms with Crippen molar-refractivity contribution in [3.8, 4) is 5.75 Å². The summed E-state index contributed by atoms with van der Waals surface area (Å²) in [6, 6.07) is 6.97. The second kappa shape index (κ2) is 6.72. The SMILES string of the molecule is COc1ccccc1CC(=O)N[C@@H]1CCC[C@@H](O)[C@@H]1O. The highest BCUT2D eigenvalue weighted by molar-refractivity contribution is 5.79. The Morgan fingerprint density at radius 1 is 1.35 bits per heavy atom. The third-order valence-electron chi connectivity index (χ3n) is 3.71. The Bertz CT molecular complexity index is 463. The van der Waals surface area contributed by atoms with Crippen LogP contribution >= 0.6 is 0 Å². The molecule has 0 aromatic heterocycles. The molecular weight excluding hydrogens is 258 g/mol. The normalized spacial score (nSPS) is 26.1. The molecule has 0 saturated heterocycles. The molecule has 0 unspecified atom stereocenters. The molecule has 3 atom stereocenters. The number of rotatable bonds is 4. The highest BCUT2D eigenvalue weighted by Gasteiger charge is 2.31. The highest BCUT2D eigenvalue weighted by atomic mass is 16.5. The average molecular weight is 279 g/mol. The first-order chi connectivity index (χ1) is 9.61. The number of benzene rings is 1. The molecule has 1 aromatic rings. The van der Waals surface area contributed by atoms with Crippen molar-refractivity contribution in [3.05, 3.63) is 29.8 Å². The number of para-hydroxylation sites is 1. The van der Waals surface area contributed by atoms with Gasteiger partial charge in [-0.05, 0) is 25.3 Å². The molecule has 1 amide bonds. The number of methoxy groups -OCH3 is 1. The molecule has 0 aliphatic heterocycles. The topological polar surface area (TPSA) is 78.8 Å². The lowest BCUT2D eigenvalue weighted by Crippen LogP contribution is -2.51. The number of nitrogens with one attached hydrogen (secondary N) is 1. The summed E-state index contributed by atoms with van der Waals surface area (Å²) < 4.78 is 5.20. The van der Waals surface area contributed by atoms with Crippen LogP contribution < -0.4 is 10.1 Å². The molecule has 0 heterocycles. The lowest BCUT2D eigenvalue weighted by Gasteiger charge is -2.32. The summed E-state index contributed by atoms with van der Waals surface area (Å²) in [6.07, 6.45) is 0.641. The number of ether oxygens (including phenoxy) is 1. The second-order valence-corrected chi connectivity index (χ2v) is 5.15. The third-order valence-corrected chi connectivity index (χ3v) is 3.71. The van der Waals surface area contributed by atoms with Crippen LogP contribution in [-0.2, 0) is 11.2 Å². The van der Waals surface area contributed by atoms with Gasteiger partial charge in [-0.25, -0.2) is 0 Å². The fraction of sp³-hybridized carbons (Fsp3) is 0.533. The molecule has 1 fully saturated rings. The van der Waals surface area contributed by atoms with Crippen LogP contribution in [0.4, 0.5) is 0 Å². The summed E-state index contributed by atoms with van der Waals surface area (Å²) in [5.74, 6) is 0.500. The molecule has 0 spiro atoms. The first kappa shape index (κ1) is 14.8. The fourth-order valence-electron chi connectivity index (χ4n) is 2.59. The van der Waals surface area contributed by atoms with Crippen LogP contribution in [0.2, 0.25) is 0 Å². The van der Waals surface area contributed by atoms with Gasteiger partial charge in [-0.3, -0.25) is 4.79 Å². The van der Waals surface area contributed by atoms with Gasteiger partial charge in [-0.15, -0.1) is 0 Å². The average Bonchev–Trinajstić information content (AvgIpc) is 2.44. The van der Waals surface area contributed by atoms with E-state index in [0.717, 1.165) is 12.0 Å². The number of carbonyl (C=O) groups excluding carboxylic acids is 1. The maximum absolute atomic E-state index is 12.0. The Labute approximate surface area is 118 Å². The van der Waals surface area contributed by atoms with Crippen LogP contribution in [0.3, 0.4) is 0 Å². The Hall–Kier alpha value is -1.59. The summed E-state index contributed by atoms with van der Waals surface area (Å²) in [5, 5.41) is 22.3. The van der Waals surface area contributed by atoms with Gasteiger partial charge in [-0.2, -0.15) is 0 Å².